The van der Waals surface area contributed by atoms with Crippen LogP contribution in [0.1, 0.15) is 25.8 Å². The molecular formula is C22H37N2O10PS3. The first kappa shape index (κ1) is 36.5. The zero-order valence-electron chi connectivity index (χ0n) is 21.5. The van der Waals surface area contributed by atoms with Crippen molar-refractivity contribution in [2.75, 3.05) is 36.7 Å². The van der Waals surface area contributed by atoms with Gasteiger partial charge in [0.1, 0.15) is 6.54 Å². The average Bonchev–Trinajstić information content (AvgIpc) is 2.82. The predicted octanol–water partition coefficient (Wildman–Crippen LogP) is 2.56. The third-order valence-corrected chi connectivity index (χ3v) is 7.48. The van der Waals surface area contributed by atoms with Gasteiger partial charge in [0, 0.05) is 24.5 Å². The molecule has 6 N–H and O–H groups in total. The molecule has 1 amide bonds. The Bertz CT molecular complexity index is 855. The van der Waals surface area contributed by atoms with E-state index in [2.05, 4.69) is 16.3 Å². The molecule has 3 atom stereocenters. The Morgan fingerprint density at radius 1 is 1.08 bits per heavy atom. The maximum Gasteiger partial charge on any atom is 0.511 e. The van der Waals surface area contributed by atoms with Crippen molar-refractivity contribution in [1.29, 1.82) is 0 Å². The van der Waals surface area contributed by atoms with Crippen LogP contribution in [0.3, 0.4) is 0 Å². The molecule has 1 rings (SSSR count). The van der Waals surface area contributed by atoms with E-state index in [9.17, 15) is 14.4 Å². The molecule has 0 saturated heterocycles. The van der Waals surface area contributed by atoms with Gasteiger partial charge in [0.25, 0.3) is 0 Å². The zero-order chi connectivity index (χ0) is 29.0. The van der Waals surface area contributed by atoms with Gasteiger partial charge >= 0.3 is 19.9 Å². The second kappa shape index (κ2) is 21.4. The topological polar surface area (TPSA) is 195 Å². The molecule has 12 nitrogen and oxygen atoms in total. The number of phosphoric acid groups is 1. The lowest BCUT2D eigenvalue weighted by atomic mass is 10.0. The van der Waals surface area contributed by atoms with Gasteiger partial charge in [-0.2, -0.15) is 11.8 Å². The van der Waals surface area contributed by atoms with E-state index in [1.807, 2.05) is 30.3 Å². The number of benzene rings is 1. The van der Waals surface area contributed by atoms with Crippen molar-refractivity contribution in [3.8, 4) is 0 Å². The van der Waals surface area contributed by atoms with Crippen molar-refractivity contribution in [1.82, 2.24) is 5.32 Å². The maximum atomic E-state index is 12.8. The molecule has 0 spiro atoms. The number of ether oxygens (including phenoxy) is 3. The molecule has 218 valence electrons. The number of amides is 1. The summed E-state index contributed by atoms with van der Waals surface area (Å²) in [5, 5.41) is 2.63. The van der Waals surface area contributed by atoms with Crippen LogP contribution in [-0.4, -0.2) is 81.7 Å². The highest BCUT2D eigenvalue weighted by atomic mass is 33.1. The standard InChI is InChI=1S/C22H34N2O6S3.H3O4P/c1-4-28-22(27)30-16(2)29-20(25)13-24-21(26)18(12-17-8-6-5-7-9-17)14-32-33-15-19(23)10-11-31-3;1-5(2,3)4/h5-9,16,18-19H,4,10-15,23H2,1-3H3,(H,24,26);(H3,1,2,3,4)/t16?,18-,19+;/m1./s1. The Labute approximate surface area is 235 Å². The number of rotatable bonds is 16. The SMILES string of the molecule is CCOC(=O)OC(C)OC(=O)CNC(=O)[C@@H](CSSC[C@@H](N)CCSC)Cc1ccccc1.O=P(O)(O)O. The van der Waals surface area contributed by atoms with E-state index in [-0.39, 0.29) is 31.0 Å². The van der Waals surface area contributed by atoms with E-state index < -0.39 is 26.2 Å². The molecule has 0 aliphatic carbocycles. The Kier molecular flexibility index (Phi) is 20.6. The Balaban J connectivity index is 0.00000249. The third-order valence-electron chi connectivity index (χ3n) is 4.25. The molecule has 0 fully saturated rings. The van der Waals surface area contributed by atoms with Gasteiger partial charge in [-0.1, -0.05) is 51.9 Å². The van der Waals surface area contributed by atoms with E-state index in [1.54, 1.807) is 40.3 Å². The van der Waals surface area contributed by atoms with Crippen molar-refractivity contribution >= 4 is 59.2 Å². The maximum absolute atomic E-state index is 12.8. The van der Waals surface area contributed by atoms with Gasteiger partial charge in [-0.25, -0.2) is 9.36 Å². The van der Waals surface area contributed by atoms with Gasteiger partial charge in [0.2, 0.25) is 12.2 Å². The van der Waals surface area contributed by atoms with Crippen LogP contribution in [0.5, 0.6) is 0 Å². The summed E-state index contributed by atoms with van der Waals surface area (Å²) in [6.45, 7) is 2.86. The molecule has 0 aliphatic heterocycles. The second-order valence-corrected chi connectivity index (χ2v) is 12.2. The van der Waals surface area contributed by atoms with Crippen molar-refractivity contribution in [3.05, 3.63) is 35.9 Å². The minimum Gasteiger partial charge on any atom is -0.435 e. The lowest BCUT2D eigenvalue weighted by Crippen LogP contribution is -2.38. The summed E-state index contributed by atoms with van der Waals surface area (Å²) < 4.78 is 23.2. The largest absolute Gasteiger partial charge is 0.511 e. The molecular weight excluding hydrogens is 579 g/mol. The lowest BCUT2D eigenvalue weighted by Gasteiger charge is -2.18. The molecule has 0 aromatic heterocycles. The number of hydrogen-bond acceptors (Lipinski definition) is 11. The number of thioether (sulfide) groups is 1. The van der Waals surface area contributed by atoms with E-state index in [0.717, 1.165) is 23.5 Å². The second-order valence-electron chi connectivity index (χ2n) is 7.59. The minimum absolute atomic E-state index is 0.130. The van der Waals surface area contributed by atoms with E-state index in [1.165, 1.54) is 6.92 Å². The summed E-state index contributed by atoms with van der Waals surface area (Å²) in [5.74, 6) is 1.15. The van der Waals surface area contributed by atoms with Crippen LogP contribution in [0.15, 0.2) is 30.3 Å². The van der Waals surface area contributed by atoms with Crippen LogP contribution in [0.4, 0.5) is 4.79 Å². The van der Waals surface area contributed by atoms with Crippen LogP contribution in [0.25, 0.3) is 0 Å². The van der Waals surface area contributed by atoms with Crippen molar-refractivity contribution in [3.63, 3.8) is 0 Å². The van der Waals surface area contributed by atoms with Crippen LogP contribution in [0, 0.1) is 5.92 Å². The minimum atomic E-state index is -4.64. The van der Waals surface area contributed by atoms with Gasteiger partial charge < -0.3 is 39.9 Å². The summed E-state index contributed by atoms with van der Waals surface area (Å²) in [6, 6.07) is 9.86. The van der Waals surface area contributed by atoms with Crippen LogP contribution >= 0.6 is 41.2 Å². The number of hydrogen-bond donors (Lipinski definition) is 5. The van der Waals surface area contributed by atoms with Crippen molar-refractivity contribution < 1.29 is 47.8 Å². The Morgan fingerprint density at radius 3 is 2.26 bits per heavy atom. The lowest BCUT2D eigenvalue weighted by molar-refractivity contribution is -0.167. The first-order chi connectivity index (χ1) is 17.8. The summed E-state index contributed by atoms with van der Waals surface area (Å²) in [7, 11) is -1.37. The van der Waals surface area contributed by atoms with Crippen molar-refractivity contribution in [2.45, 2.75) is 39.0 Å². The smallest absolute Gasteiger partial charge is 0.435 e. The number of nitrogens with two attached hydrogens (primary N) is 1. The van der Waals surface area contributed by atoms with Crippen molar-refractivity contribution in [2.24, 2.45) is 11.7 Å². The molecule has 0 radical (unpaired) electrons. The molecule has 16 heteroatoms. The van der Waals surface area contributed by atoms with E-state index >= 15 is 0 Å². The van der Waals surface area contributed by atoms with E-state index in [0.29, 0.717) is 12.2 Å². The number of nitrogens with one attached hydrogen (secondary N) is 1. The van der Waals surface area contributed by atoms with E-state index in [4.69, 9.17) is 34.5 Å². The van der Waals surface area contributed by atoms with Gasteiger partial charge in [0.15, 0.2) is 0 Å². The third kappa shape index (κ3) is 22.5. The number of carbonyl (C=O) groups is 3. The predicted molar refractivity (Wildman–Crippen MR) is 150 cm³/mol. The quantitative estimate of drug-likeness (QED) is 0.0598. The van der Waals surface area contributed by atoms with Gasteiger partial charge in [-0.3, -0.25) is 9.59 Å². The summed E-state index contributed by atoms with van der Waals surface area (Å²) >= 11 is 1.78. The highest BCUT2D eigenvalue weighted by molar-refractivity contribution is 8.76. The fraction of sp³-hybridized carbons (Fsp3) is 0.591. The molecule has 0 saturated carbocycles. The van der Waals surface area contributed by atoms with Crippen LogP contribution < -0.4 is 11.1 Å². The summed E-state index contributed by atoms with van der Waals surface area (Å²) in [6.07, 6.45) is 1.54. The van der Waals surface area contributed by atoms with Crippen LogP contribution in [0.2, 0.25) is 0 Å². The highest BCUT2D eigenvalue weighted by Crippen LogP contribution is 2.27. The fourth-order valence-electron chi connectivity index (χ4n) is 2.59. The number of esters is 1. The molecule has 0 heterocycles. The number of carbonyl (C=O) groups excluding carboxylic acids is 3. The molecule has 38 heavy (non-hydrogen) atoms. The van der Waals surface area contributed by atoms with Gasteiger partial charge in [-0.15, -0.1) is 0 Å². The normalized spacial score (nSPS) is 13.2. The molecule has 1 aromatic carbocycles. The van der Waals surface area contributed by atoms with Gasteiger partial charge in [0.05, 0.1) is 12.5 Å². The summed E-state index contributed by atoms with van der Waals surface area (Å²) in [5.41, 5.74) is 7.15. The Hall–Kier alpha value is -1.45. The monoisotopic (exact) mass is 616 g/mol. The van der Waals surface area contributed by atoms with Gasteiger partial charge in [-0.05, 0) is 37.3 Å². The highest BCUT2D eigenvalue weighted by Gasteiger charge is 2.22. The summed E-state index contributed by atoms with van der Waals surface area (Å²) in [4.78, 5) is 57.6. The first-order valence-electron chi connectivity index (χ1n) is 11.5. The fourth-order valence-corrected chi connectivity index (χ4v) is 5.69. The van der Waals surface area contributed by atoms with Crippen LogP contribution in [-0.2, 0) is 34.8 Å². The molecule has 1 aromatic rings. The molecule has 0 bridgehead atoms. The Morgan fingerprint density at radius 2 is 1.68 bits per heavy atom. The first-order valence-corrected chi connectivity index (χ1v) is 16.9. The molecule has 1 unspecified atom stereocenters. The molecule has 0 aliphatic rings. The average molecular weight is 617 g/mol. The zero-order valence-corrected chi connectivity index (χ0v) is 24.9.